The molecule has 0 spiro atoms. The minimum atomic E-state index is -0.395. The number of aliphatic hydroxyl groups excluding tert-OH is 1. The first-order chi connectivity index (χ1) is 7.43. The number of unbranched alkanes of at least 4 members (excludes halogenated alkanes) is 1. The smallest absolute Gasteiger partial charge is 0.0608 e. The van der Waals surface area contributed by atoms with Gasteiger partial charge in [-0.15, -0.1) is 0 Å². The van der Waals surface area contributed by atoms with Crippen molar-refractivity contribution in [3.05, 3.63) is 0 Å². The second-order valence-corrected chi connectivity index (χ2v) is 5.39. The number of nitrogens with zero attached hydrogens (tertiary/aromatic N) is 1. The van der Waals surface area contributed by atoms with E-state index in [0.717, 1.165) is 25.8 Å². The molecule has 0 aromatic rings. The molecule has 0 bridgehead atoms. The SMILES string of the molecule is CCCC(C)N(C)CCCCC(C)(N)CO. The van der Waals surface area contributed by atoms with Gasteiger partial charge in [0.2, 0.25) is 0 Å². The first-order valence-electron chi connectivity index (χ1n) is 6.53. The van der Waals surface area contributed by atoms with Crippen LogP contribution in [0, 0.1) is 0 Å². The summed E-state index contributed by atoms with van der Waals surface area (Å²) in [7, 11) is 2.19. The molecule has 0 radical (unpaired) electrons. The van der Waals surface area contributed by atoms with Gasteiger partial charge in [0.25, 0.3) is 0 Å². The van der Waals surface area contributed by atoms with E-state index in [0.29, 0.717) is 6.04 Å². The van der Waals surface area contributed by atoms with Gasteiger partial charge >= 0.3 is 0 Å². The standard InChI is InChI=1S/C13H30N2O/c1-5-8-12(2)15(4)10-7-6-9-13(3,14)11-16/h12,16H,5-11,14H2,1-4H3. The van der Waals surface area contributed by atoms with Gasteiger partial charge in [0.15, 0.2) is 0 Å². The first kappa shape index (κ1) is 15.9. The van der Waals surface area contributed by atoms with E-state index in [1.165, 1.54) is 12.8 Å². The Labute approximate surface area is 101 Å². The first-order valence-corrected chi connectivity index (χ1v) is 6.53. The lowest BCUT2D eigenvalue weighted by molar-refractivity contribution is 0.191. The fourth-order valence-electron chi connectivity index (χ4n) is 1.83. The molecule has 3 nitrogen and oxygen atoms in total. The molecule has 3 heteroatoms. The average Bonchev–Trinajstić information content (AvgIpc) is 2.24. The van der Waals surface area contributed by atoms with Gasteiger partial charge in [-0.1, -0.05) is 19.8 Å². The van der Waals surface area contributed by atoms with E-state index in [1.54, 1.807) is 0 Å². The van der Waals surface area contributed by atoms with Gasteiger partial charge in [-0.05, 0) is 46.7 Å². The van der Waals surface area contributed by atoms with Crippen LogP contribution in [0.15, 0.2) is 0 Å². The van der Waals surface area contributed by atoms with Gasteiger partial charge in [0, 0.05) is 11.6 Å². The predicted octanol–water partition coefficient (Wildman–Crippen LogP) is 1.99. The molecule has 0 aromatic heterocycles. The Kier molecular flexibility index (Phi) is 7.98. The molecule has 0 fully saturated rings. The Morgan fingerprint density at radius 1 is 1.38 bits per heavy atom. The van der Waals surface area contributed by atoms with Crippen molar-refractivity contribution in [3.63, 3.8) is 0 Å². The third-order valence-corrected chi connectivity index (χ3v) is 3.33. The molecule has 0 heterocycles. The molecular weight excluding hydrogens is 200 g/mol. The topological polar surface area (TPSA) is 49.5 Å². The predicted molar refractivity (Wildman–Crippen MR) is 70.5 cm³/mol. The Bertz CT molecular complexity index is 171. The highest BCUT2D eigenvalue weighted by Gasteiger charge is 2.16. The van der Waals surface area contributed by atoms with Gasteiger partial charge in [-0.3, -0.25) is 0 Å². The van der Waals surface area contributed by atoms with Crippen molar-refractivity contribution in [1.29, 1.82) is 0 Å². The molecule has 16 heavy (non-hydrogen) atoms. The fourth-order valence-corrected chi connectivity index (χ4v) is 1.83. The highest BCUT2D eigenvalue weighted by Crippen LogP contribution is 2.11. The molecule has 0 aliphatic heterocycles. The largest absolute Gasteiger partial charge is 0.394 e. The van der Waals surface area contributed by atoms with Crippen molar-refractivity contribution in [2.75, 3.05) is 20.2 Å². The van der Waals surface area contributed by atoms with Crippen LogP contribution in [0.5, 0.6) is 0 Å². The zero-order valence-electron chi connectivity index (χ0n) is 11.5. The van der Waals surface area contributed by atoms with Crippen molar-refractivity contribution in [2.24, 2.45) is 5.73 Å². The molecule has 0 saturated heterocycles. The van der Waals surface area contributed by atoms with E-state index >= 15 is 0 Å². The van der Waals surface area contributed by atoms with Crippen LogP contribution in [0.1, 0.15) is 52.9 Å². The van der Waals surface area contributed by atoms with Crippen LogP contribution in [0.4, 0.5) is 0 Å². The lowest BCUT2D eigenvalue weighted by atomic mass is 9.97. The van der Waals surface area contributed by atoms with Crippen molar-refractivity contribution >= 4 is 0 Å². The molecule has 2 atom stereocenters. The van der Waals surface area contributed by atoms with E-state index in [9.17, 15) is 0 Å². The van der Waals surface area contributed by atoms with Crippen LogP contribution in [0.25, 0.3) is 0 Å². The number of hydrogen-bond donors (Lipinski definition) is 2. The van der Waals surface area contributed by atoms with Gasteiger partial charge in [0.1, 0.15) is 0 Å². The van der Waals surface area contributed by atoms with E-state index < -0.39 is 5.54 Å². The monoisotopic (exact) mass is 230 g/mol. The molecule has 0 amide bonds. The molecule has 0 aliphatic carbocycles. The zero-order chi connectivity index (χ0) is 12.6. The normalized spacial score (nSPS) is 17.4. The average molecular weight is 230 g/mol. The molecule has 0 aromatic carbocycles. The van der Waals surface area contributed by atoms with Crippen LogP contribution in [-0.4, -0.2) is 41.8 Å². The third-order valence-electron chi connectivity index (χ3n) is 3.33. The lowest BCUT2D eigenvalue weighted by Crippen LogP contribution is -2.40. The summed E-state index contributed by atoms with van der Waals surface area (Å²) in [5.74, 6) is 0. The second kappa shape index (κ2) is 8.04. The maximum atomic E-state index is 9.03. The lowest BCUT2D eigenvalue weighted by Gasteiger charge is -2.25. The van der Waals surface area contributed by atoms with Crippen molar-refractivity contribution in [1.82, 2.24) is 4.90 Å². The number of nitrogens with two attached hydrogens (primary N) is 1. The summed E-state index contributed by atoms with van der Waals surface area (Å²) in [6.45, 7) is 7.63. The molecule has 0 rings (SSSR count). The summed E-state index contributed by atoms with van der Waals surface area (Å²) in [5.41, 5.74) is 5.48. The number of hydrogen-bond acceptors (Lipinski definition) is 3. The Hall–Kier alpha value is -0.120. The van der Waals surface area contributed by atoms with Crippen LogP contribution in [0.2, 0.25) is 0 Å². The molecule has 2 unspecified atom stereocenters. The summed E-state index contributed by atoms with van der Waals surface area (Å²) in [5, 5.41) is 9.03. The zero-order valence-corrected chi connectivity index (χ0v) is 11.5. The van der Waals surface area contributed by atoms with E-state index in [1.807, 2.05) is 6.92 Å². The van der Waals surface area contributed by atoms with E-state index in [-0.39, 0.29) is 6.61 Å². The van der Waals surface area contributed by atoms with Crippen LogP contribution < -0.4 is 5.73 Å². The Morgan fingerprint density at radius 3 is 2.50 bits per heavy atom. The summed E-state index contributed by atoms with van der Waals surface area (Å²) < 4.78 is 0. The summed E-state index contributed by atoms with van der Waals surface area (Å²) in [4.78, 5) is 2.41. The maximum Gasteiger partial charge on any atom is 0.0608 e. The second-order valence-electron chi connectivity index (χ2n) is 5.39. The van der Waals surface area contributed by atoms with Gasteiger partial charge in [-0.2, -0.15) is 0 Å². The van der Waals surface area contributed by atoms with Crippen LogP contribution in [0.3, 0.4) is 0 Å². The summed E-state index contributed by atoms with van der Waals surface area (Å²) >= 11 is 0. The van der Waals surface area contributed by atoms with Gasteiger partial charge in [-0.25, -0.2) is 0 Å². The van der Waals surface area contributed by atoms with E-state index in [2.05, 4.69) is 25.8 Å². The van der Waals surface area contributed by atoms with Crippen molar-refractivity contribution < 1.29 is 5.11 Å². The molecule has 98 valence electrons. The molecule has 0 saturated carbocycles. The van der Waals surface area contributed by atoms with Crippen molar-refractivity contribution in [2.45, 2.75) is 64.5 Å². The summed E-state index contributed by atoms with van der Waals surface area (Å²) in [6.07, 6.45) is 5.67. The molecule has 0 aliphatic rings. The van der Waals surface area contributed by atoms with E-state index in [4.69, 9.17) is 10.8 Å². The van der Waals surface area contributed by atoms with Crippen molar-refractivity contribution in [3.8, 4) is 0 Å². The molecular formula is C13H30N2O. The van der Waals surface area contributed by atoms with Gasteiger partial charge < -0.3 is 15.7 Å². The number of rotatable bonds is 9. The Morgan fingerprint density at radius 2 is 2.00 bits per heavy atom. The quantitative estimate of drug-likeness (QED) is 0.596. The highest BCUT2D eigenvalue weighted by molar-refractivity contribution is 4.77. The van der Waals surface area contributed by atoms with Crippen LogP contribution in [-0.2, 0) is 0 Å². The van der Waals surface area contributed by atoms with Gasteiger partial charge in [0.05, 0.1) is 6.61 Å². The minimum Gasteiger partial charge on any atom is -0.394 e. The Balaban J connectivity index is 3.58. The number of aliphatic hydroxyl groups is 1. The minimum absolute atomic E-state index is 0.0784. The third kappa shape index (κ3) is 7.20. The van der Waals surface area contributed by atoms with Crippen LogP contribution >= 0.6 is 0 Å². The fraction of sp³-hybridized carbons (Fsp3) is 1.00. The summed E-state index contributed by atoms with van der Waals surface area (Å²) in [6, 6.07) is 0.673. The maximum absolute atomic E-state index is 9.03. The molecule has 3 N–H and O–H groups in total. The highest BCUT2D eigenvalue weighted by atomic mass is 16.3.